The molecule has 0 unspecified atom stereocenters. The van der Waals surface area contributed by atoms with Crippen molar-refractivity contribution in [2.45, 2.75) is 25.8 Å². The quantitative estimate of drug-likeness (QED) is 0.830. The Morgan fingerprint density at radius 2 is 1.79 bits per heavy atom. The monoisotopic (exact) mass is 332 g/mol. The number of carboxylic acids is 1. The summed E-state index contributed by atoms with van der Waals surface area (Å²) in [4.78, 5) is 24.0. The Bertz CT molecular complexity index is 644. The minimum absolute atomic E-state index is 0.0943. The minimum atomic E-state index is -1.09. The zero-order valence-corrected chi connectivity index (χ0v) is 13.9. The van der Waals surface area contributed by atoms with Crippen molar-refractivity contribution in [1.29, 1.82) is 0 Å². The Balaban J connectivity index is 1.66. The van der Waals surface area contributed by atoms with Crippen molar-refractivity contribution >= 4 is 11.9 Å². The highest BCUT2D eigenvalue weighted by Gasteiger charge is 2.51. The molecule has 0 spiro atoms. The predicted octanol–water partition coefficient (Wildman–Crippen LogP) is 0.732. The number of ether oxygens (including phenoxy) is 2. The average Bonchev–Trinajstić information content (AvgIpc) is 3.20. The number of carboxylic acid groups (broad SMARTS) is 1. The second-order valence-electron chi connectivity index (χ2n) is 6.61. The first kappa shape index (κ1) is 16.6. The van der Waals surface area contributed by atoms with Gasteiger partial charge in [-0.05, 0) is 48.8 Å². The van der Waals surface area contributed by atoms with E-state index < -0.39 is 17.8 Å². The molecular weight excluding hydrogens is 310 g/mol. The number of hydrogen-bond donors (Lipinski definition) is 1. The van der Waals surface area contributed by atoms with Crippen LogP contribution in [0, 0.1) is 23.7 Å². The number of amides is 1. The third-order valence-corrected chi connectivity index (χ3v) is 5.41. The molecule has 4 atom stereocenters. The van der Waals surface area contributed by atoms with Gasteiger partial charge in [-0.2, -0.15) is 0 Å². The summed E-state index contributed by atoms with van der Waals surface area (Å²) in [7, 11) is 3.12. The Hall–Kier alpha value is -2.24. The van der Waals surface area contributed by atoms with Crippen LogP contribution in [0.2, 0.25) is 0 Å². The van der Waals surface area contributed by atoms with Gasteiger partial charge < -0.3 is 24.7 Å². The molecule has 2 bridgehead atoms. The second-order valence-corrected chi connectivity index (χ2v) is 6.61. The van der Waals surface area contributed by atoms with Gasteiger partial charge >= 0.3 is 0 Å². The van der Waals surface area contributed by atoms with E-state index in [1.807, 2.05) is 6.07 Å². The molecule has 1 aromatic carbocycles. The van der Waals surface area contributed by atoms with E-state index in [9.17, 15) is 14.7 Å². The molecular formula is C18H22NO5-. The molecule has 2 saturated carbocycles. The molecule has 1 N–H and O–H groups in total. The molecule has 6 heteroatoms. The van der Waals surface area contributed by atoms with Crippen LogP contribution >= 0.6 is 0 Å². The van der Waals surface area contributed by atoms with Crippen LogP contribution in [0.25, 0.3) is 0 Å². The summed E-state index contributed by atoms with van der Waals surface area (Å²) in [6.45, 7) is 0.326. The van der Waals surface area contributed by atoms with E-state index in [-0.39, 0.29) is 17.7 Å². The summed E-state index contributed by atoms with van der Waals surface area (Å²) in [5.41, 5.74) is 0.870. The molecule has 1 aromatic rings. The molecule has 3 rings (SSSR count). The Kier molecular flexibility index (Phi) is 4.64. The van der Waals surface area contributed by atoms with Crippen LogP contribution in [0.1, 0.15) is 24.8 Å². The van der Waals surface area contributed by atoms with E-state index >= 15 is 0 Å². The number of aliphatic carboxylic acids is 1. The fourth-order valence-electron chi connectivity index (χ4n) is 4.31. The molecule has 2 aliphatic carbocycles. The first-order valence-corrected chi connectivity index (χ1v) is 8.24. The zero-order valence-electron chi connectivity index (χ0n) is 13.9. The Morgan fingerprint density at radius 3 is 2.42 bits per heavy atom. The van der Waals surface area contributed by atoms with Crippen molar-refractivity contribution in [3.8, 4) is 11.5 Å². The molecule has 1 amide bonds. The van der Waals surface area contributed by atoms with Crippen molar-refractivity contribution in [3.63, 3.8) is 0 Å². The van der Waals surface area contributed by atoms with Crippen molar-refractivity contribution in [1.82, 2.24) is 5.32 Å². The number of carbonyl (C=O) groups is 2. The van der Waals surface area contributed by atoms with E-state index in [4.69, 9.17) is 9.47 Å². The standard InChI is InChI=1S/C18H23NO5/c1-23-13-6-3-10(7-14(13)24-2)9-19-17(20)15-11-4-5-12(8-11)16(15)18(21)22/h3,6-7,11-12,15-16H,4-5,8-9H2,1-2H3,(H,19,20)(H,21,22)/p-1/t11-,12+,15-,16+/m1/s1. The molecule has 2 fully saturated rings. The average molecular weight is 332 g/mol. The maximum absolute atomic E-state index is 12.5. The molecule has 0 heterocycles. The largest absolute Gasteiger partial charge is 0.550 e. The molecule has 0 aromatic heterocycles. The predicted molar refractivity (Wildman–Crippen MR) is 84.2 cm³/mol. The lowest BCUT2D eigenvalue weighted by atomic mass is 9.78. The number of benzene rings is 1. The van der Waals surface area contributed by atoms with Crippen LogP contribution < -0.4 is 19.9 Å². The lowest BCUT2D eigenvalue weighted by molar-refractivity contribution is -0.314. The third-order valence-electron chi connectivity index (χ3n) is 5.41. The number of fused-ring (bicyclic) bond motifs is 2. The highest BCUT2D eigenvalue weighted by Crippen LogP contribution is 2.52. The highest BCUT2D eigenvalue weighted by atomic mass is 16.5. The van der Waals surface area contributed by atoms with Gasteiger partial charge in [-0.1, -0.05) is 6.07 Å². The summed E-state index contributed by atoms with van der Waals surface area (Å²) < 4.78 is 10.4. The van der Waals surface area contributed by atoms with E-state index in [0.29, 0.717) is 18.0 Å². The van der Waals surface area contributed by atoms with Crippen molar-refractivity contribution in [2.24, 2.45) is 23.7 Å². The normalized spacial score (nSPS) is 27.8. The van der Waals surface area contributed by atoms with E-state index in [0.717, 1.165) is 24.8 Å². The molecule has 6 nitrogen and oxygen atoms in total. The summed E-state index contributed by atoms with van der Waals surface area (Å²) in [5.74, 6) is -0.905. The minimum Gasteiger partial charge on any atom is -0.550 e. The lowest BCUT2D eigenvalue weighted by Crippen LogP contribution is -2.45. The van der Waals surface area contributed by atoms with Crippen LogP contribution in [0.3, 0.4) is 0 Å². The summed E-state index contributed by atoms with van der Waals surface area (Å²) in [6.07, 6.45) is 2.65. The Labute approximate surface area is 141 Å². The smallest absolute Gasteiger partial charge is 0.224 e. The van der Waals surface area contributed by atoms with Crippen molar-refractivity contribution in [3.05, 3.63) is 23.8 Å². The topological polar surface area (TPSA) is 87.7 Å². The van der Waals surface area contributed by atoms with Gasteiger partial charge in [0.25, 0.3) is 0 Å². The van der Waals surface area contributed by atoms with Crippen molar-refractivity contribution < 1.29 is 24.2 Å². The molecule has 0 radical (unpaired) electrons. The highest BCUT2D eigenvalue weighted by molar-refractivity contribution is 5.85. The lowest BCUT2D eigenvalue weighted by Gasteiger charge is -2.30. The van der Waals surface area contributed by atoms with Gasteiger partial charge in [-0.15, -0.1) is 0 Å². The van der Waals surface area contributed by atoms with Gasteiger partial charge in [0.15, 0.2) is 11.5 Å². The van der Waals surface area contributed by atoms with Gasteiger partial charge in [0.2, 0.25) is 5.91 Å². The van der Waals surface area contributed by atoms with Crippen LogP contribution in [0.5, 0.6) is 11.5 Å². The van der Waals surface area contributed by atoms with Crippen molar-refractivity contribution in [2.75, 3.05) is 14.2 Å². The van der Waals surface area contributed by atoms with Crippen LogP contribution in [0.15, 0.2) is 18.2 Å². The SMILES string of the molecule is COc1ccc(CNC(=O)[C@@H]2[C@@H]3CC[C@@H](C3)[C@@H]2C(=O)[O-])cc1OC. The zero-order chi connectivity index (χ0) is 17.3. The van der Waals surface area contributed by atoms with Gasteiger partial charge in [0.05, 0.1) is 14.2 Å². The van der Waals surface area contributed by atoms with Gasteiger partial charge in [-0.3, -0.25) is 4.79 Å². The van der Waals surface area contributed by atoms with Gasteiger partial charge in [0, 0.05) is 24.3 Å². The molecule has 2 aliphatic rings. The van der Waals surface area contributed by atoms with Gasteiger partial charge in [-0.25, -0.2) is 0 Å². The fourth-order valence-corrected chi connectivity index (χ4v) is 4.31. The number of nitrogens with one attached hydrogen (secondary N) is 1. The first-order valence-electron chi connectivity index (χ1n) is 8.24. The molecule has 24 heavy (non-hydrogen) atoms. The van der Waals surface area contributed by atoms with Crippen LogP contribution in [-0.2, 0) is 16.1 Å². The van der Waals surface area contributed by atoms with Gasteiger partial charge in [0.1, 0.15) is 0 Å². The summed E-state index contributed by atoms with van der Waals surface area (Å²) >= 11 is 0. The fraction of sp³-hybridized carbons (Fsp3) is 0.556. The maximum Gasteiger partial charge on any atom is 0.224 e. The van der Waals surface area contributed by atoms with Crippen LogP contribution in [0.4, 0.5) is 0 Å². The van der Waals surface area contributed by atoms with E-state index in [1.165, 1.54) is 0 Å². The number of carbonyl (C=O) groups excluding carboxylic acids is 2. The van der Waals surface area contributed by atoms with Crippen LogP contribution in [-0.4, -0.2) is 26.1 Å². The number of hydrogen-bond acceptors (Lipinski definition) is 5. The Morgan fingerprint density at radius 1 is 1.12 bits per heavy atom. The number of methoxy groups -OCH3 is 2. The van der Waals surface area contributed by atoms with E-state index in [1.54, 1.807) is 26.4 Å². The second kappa shape index (κ2) is 6.71. The molecule has 0 saturated heterocycles. The molecule has 130 valence electrons. The molecule has 0 aliphatic heterocycles. The first-order chi connectivity index (χ1) is 11.5. The number of rotatable bonds is 6. The summed E-state index contributed by atoms with van der Waals surface area (Å²) in [5, 5.41) is 14.3. The maximum atomic E-state index is 12.5. The van der Waals surface area contributed by atoms with E-state index in [2.05, 4.69) is 5.32 Å². The summed E-state index contributed by atoms with van der Waals surface area (Å²) in [6, 6.07) is 5.43. The third kappa shape index (κ3) is 2.92.